The van der Waals surface area contributed by atoms with Crippen molar-refractivity contribution in [3.63, 3.8) is 0 Å². The second kappa shape index (κ2) is 90.6. The fraction of sp³-hybridized carbons (Fsp3) is 0.756. The zero-order valence-corrected chi connectivity index (χ0v) is 79.1. The van der Waals surface area contributed by atoms with Gasteiger partial charge in [0.15, 0.2) is 0 Å². The molecule has 0 aliphatic rings. The van der Waals surface area contributed by atoms with Crippen LogP contribution in [0.3, 0.4) is 0 Å². The first kappa shape index (κ1) is 124. The fourth-order valence-electron chi connectivity index (χ4n) is 11.0. The molecule has 0 saturated carbocycles. The molecule has 8 amide bonds. The van der Waals surface area contributed by atoms with Crippen LogP contribution < -0.4 is 42.5 Å². The van der Waals surface area contributed by atoms with Crippen LogP contribution in [0.15, 0.2) is 60.7 Å². The standard InChI is InChI=1S/C88H154N8O30.2CO2/c1-87(2,3)27-19-31-91-81(99)75(25-15-17-29-89-77(97)71-123-67-65-121-63-61-119-59-57-117-55-53-115-51-49-113-47-45-111-43-41-109-39-37-107-35-33-105-7)93-83(101)79(95-85(103)125-69-73-21-11-9-12-22-73)80(96-86(104)126-70-74-23-13-10-14-24-74)84(102)94-76(82(100)92-32-20-28-88(4,5)6)26-16-18-30-90-78(98)72-124-68-66-122-64-62-120-60-58-118-56-54-116-52-50-114-48-46-112-44-42-110-40-38-108-36-34-106-8;2*2-1-3/h9-14,21-24,75-76,79-80H,15-20,25-72H2,1-8H3,(H,89,97)(H,90,98)(H,91,99)(H,92,100)(H,93,101)(H,94,102)(H,95,103)(H,96,104);;/t75-,76-,79?,80?;;/m0../s1. The van der Waals surface area contributed by atoms with E-state index in [-0.39, 0.29) is 128 Å². The highest BCUT2D eigenvalue weighted by atomic mass is 16.6. The van der Waals surface area contributed by atoms with Crippen LogP contribution in [0.4, 0.5) is 9.59 Å². The Labute approximate surface area is 778 Å². The van der Waals surface area contributed by atoms with Gasteiger partial charge in [0.1, 0.15) is 50.6 Å². The second-order valence-electron chi connectivity index (χ2n) is 31.1. The Morgan fingerprint density at radius 3 is 0.727 bits per heavy atom. The number of methoxy groups -OCH3 is 2. The second-order valence-corrected chi connectivity index (χ2v) is 31.1. The van der Waals surface area contributed by atoms with E-state index in [9.17, 15) is 28.8 Å². The van der Waals surface area contributed by atoms with Crippen molar-refractivity contribution in [3.05, 3.63) is 71.8 Å². The van der Waals surface area contributed by atoms with Crippen molar-refractivity contribution in [2.75, 3.05) is 291 Å². The van der Waals surface area contributed by atoms with E-state index in [2.05, 4.69) is 84.1 Å². The summed E-state index contributed by atoms with van der Waals surface area (Å²) in [7, 11) is 3.25. The van der Waals surface area contributed by atoms with E-state index in [4.69, 9.17) is 123 Å². The van der Waals surface area contributed by atoms with E-state index >= 15 is 9.59 Å². The van der Waals surface area contributed by atoms with Gasteiger partial charge >= 0.3 is 24.5 Å². The lowest BCUT2D eigenvalue weighted by molar-refractivity contribution is -0.193. The van der Waals surface area contributed by atoms with E-state index in [1.165, 1.54) is 0 Å². The number of ether oxygens (including phenoxy) is 22. The van der Waals surface area contributed by atoms with E-state index in [0.717, 1.165) is 12.8 Å². The number of amides is 8. The summed E-state index contributed by atoms with van der Waals surface area (Å²) in [5.41, 5.74) is 1.06. The molecule has 132 heavy (non-hydrogen) atoms. The number of rotatable bonds is 87. The molecule has 0 aromatic heterocycles. The number of carbonyl (C=O) groups excluding carboxylic acids is 12. The predicted molar refractivity (Wildman–Crippen MR) is 477 cm³/mol. The first-order valence-corrected chi connectivity index (χ1v) is 45.0. The third-order valence-electron chi connectivity index (χ3n) is 17.7. The summed E-state index contributed by atoms with van der Waals surface area (Å²) in [6.45, 7) is 27.1. The van der Waals surface area contributed by atoms with Gasteiger partial charge in [-0.05, 0) is 86.2 Å². The van der Waals surface area contributed by atoms with Crippen molar-refractivity contribution in [2.45, 2.75) is 143 Å². The van der Waals surface area contributed by atoms with Crippen LogP contribution in [0.2, 0.25) is 0 Å². The van der Waals surface area contributed by atoms with Crippen LogP contribution in [-0.4, -0.2) is 376 Å². The van der Waals surface area contributed by atoms with Gasteiger partial charge in [-0.1, -0.05) is 102 Å². The minimum absolute atomic E-state index is 0.0127. The lowest BCUT2D eigenvalue weighted by Crippen LogP contribution is -2.66. The van der Waals surface area contributed by atoms with Gasteiger partial charge in [0.25, 0.3) is 0 Å². The number of hydrogen-bond donors (Lipinski definition) is 8. The molecule has 8 N–H and O–H groups in total. The van der Waals surface area contributed by atoms with Gasteiger partial charge in [-0.15, -0.1) is 0 Å². The average molecular weight is 1890 g/mol. The molecule has 0 heterocycles. The first-order valence-electron chi connectivity index (χ1n) is 45.0. The Hall–Kier alpha value is -8.24. The van der Waals surface area contributed by atoms with Crippen LogP contribution in [-0.2, 0) is 165 Å². The third-order valence-corrected chi connectivity index (χ3v) is 17.7. The molecule has 0 aliphatic carbocycles. The Morgan fingerprint density at radius 1 is 0.280 bits per heavy atom. The summed E-state index contributed by atoms with van der Waals surface area (Å²) in [5, 5.41) is 21.9. The van der Waals surface area contributed by atoms with Gasteiger partial charge in [-0.25, -0.2) is 9.59 Å². The van der Waals surface area contributed by atoms with Crippen molar-refractivity contribution in [1.82, 2.24) is 42.5 Å². The van der Waals surface area contributed by atoms with Crippen molar-refractivity contribution in [3.8, 4) is 0 Å². The molecule has 42 heteroatoms. The monoisotopic (exact) mass is 1890 g/mol. The smallest absolute Gasteiger partial charge is 0.408 e. The normalized spacial score (nSPS) is 12.1. The largest absolute Gasteiger partial charge is 0.445 e. The Kier molecular flexibility index (Phi) is 84.9. The Bertz CT molecular complexity index is 2970. The van der Waals surface area contributed by atoms with Gasteiger partial charge < -0.3 is 147 Å². The summed E-state index contributed by atoms with van der Waals surface area (Å²) in [6.07, 6.45) is 2.13. The minimum Gasteiger partial charge on any atom is -0.445 e. The molecule has 42 nitrogen and oxygen atoms in total. The molecule has 4 atom stereocenters. The van der Waals surface area contributed by atoms with Crippen molar-refractivity contribution in [2.24, 2.45) is 10.8 Å². The first-order chi connectivity index (χ1) is 64.0. The highest BCUT2D eigenvalue weighted by Crippen LogP contribution is 2.21. The number of benzene rings is 2. The molecule has 0 radical (unpaired) electrons. The molecule has 0 saturated heterocycles. The van der Waals surface area contributed by atoms with Gasteiger partial charge in [0.2, 0.25) is 35.4 Å². The topological polar surface area (TPSA) is 504 Å². The lowest BCUT2D eigenvalue weighted by atomic mass is 9.90. The molecule has 0 spiro atoms. The SMILES string of the molecule is COCCOCCOCCOCCOCCOCCOCCOCCOCCOCC(=O)NCCCC[C@H](NC(=O)C(NC(=O)OCc1ccccc1)C(NC(=O)OCc1ccccc1)C(=O)N[C@@H](CCCCNC(=O)COCCOCCOCCOCCOCCOCCOCCOCCOCCOC)C(=O)NCCCC(C)(C)C)C(=O)NCCCC(C)(C)C.O=C=O.O=C=O. The van der Waals surface area contributed by atoms with Crippen LogP contribution >= 0.6 is 0 Å². The molecule has 2 rings (SSSR count). The Balaban J connectivity index is 0.0000278. The van der Waals surface area contributed by atoms with Crippen LogP contribution in [0.25, 0.3) is 0 Å². The third kappa shape index (κ3) is 83.6. The summed E-state index contributed by atoms with van der Waals surface area (Å²) in [5.74, 6) is -4.12. The maximum atomic E-state index is 15.2. The zero-order valence-electron chi connectivity index (χ0n) is 79.1. The quantitative estimate of drug-likeness (QED) is 0.0440. The molecule has 0 aliphatic heterocycles. The molecular weight excluding hydrogens is 1740 g/mol. The average Bonchev–Trinajstić information content (AvgIpc) is 0.826. The highest BCUT2D eigenvalue weighted by molar-refractivity contribution is 5.99. The van der Waals surface area contributed by atoms with Crippen LogP contribution in [0.1, 0.15) is 117 Å². The van der Waals surface area contributed by atoms with Gasteiger partial charge in [0, 0.05) is 40.4 Å². The molecule has 2 aromatic carbocycles. The summed E-state index contributed by atoms with van der Waals surface area (Å²) in [4.78, 5) is 145. The molecular formula is C90H154N8O34. The van der Waals surface area contributed by atoms with Crippen molar-refractivity contribution in [1.29, 1.82) is 0 Å². The predicted octanol–water partition coefficient (Wildman–Crippen LogP) is 3.43. The molecule has 0 bridgehead atoms. The number of carbonyl (C=O) groups is 8. The molecule has 0 fully saturated rings. The number of hydrogen-bond acceptors (Lipinski definition) is 34. The summed E-state index contributed by atoms with van der Waals surface area (Å²) in [6, 6.07) is 10.7. The summed E-state index contributed by atoms with van der Waals surface area (Å²) >= 11 is 0. The van der Waals surface area contributed by atoms with E-state index in [1.54, 1.807) is 74.9 Å². The van der Waals surface area contributed by atoms with E-state index < -0.39 is 71.8 Å². The zero-order chi connectivity index (χ0) is 97.0. The van der Waals surface area contributed by atoms with Crippen LogP contribution in [0, 0.1) is 10.8 Å². The van der Waals surface area contributed by atoms with Gasteiger partial charge in [-0.3, -0.25) is 28.8 Å². The van der Waals surface area contributed by atoms with Gasteiger partial charge in [-0.2, -0.15) is 19.2 Å². The number of unbranched alkanes of at least 4 members (excludes halogenated alkanes) is 2. The molecule has 2 unspecified atom stereocenters. The number of nitrogens with one attached hydrogen (secondary N) is 8. The van der Waals surface area contributed by atoms with E-state index in [0.29, 0.717) is 248 Å². The lowest BCUT2D eigenvalue weighted by Gasteiger charge is -2.30. The van der Waals surface area contributed by atoms with Crippen molar-refractivity contribution < 1.29 is 162 Å². The molecule has 758 valence electrons. The number of alkyl carbamates (subject to hydrolysis) is 2. The Morgan fingerprint density at radius 2 is 0.500 bits per heavy atom. The van der Waals surface area contributed by atoms with Gasteiger partial charge in [0.05, 0.1) is 238 Å². The van der Waals surface area contributed by atoms with Crippen molar-refractivity contribution >= 4 is 59.9 Å². The highest BCUT2D eigenvalue weighted by Gasteiger charge is 2.40. The van der Waals surface area contributed by atoms with Crippen LogP contribution in [0.5, 0.6) is 0 Å². The molecule has 2 aromatic rings. The summed E-state index contributed by atoms with van der Waals surface area (Å²) < 4.78 is 120. The van der Waals surface area contributed by atoms with E-state index in [1.807, 2.05) is 0 Å². The minimum atomic E-state index is -2.04. The fourth-order valence-corrected chi connectivity index (χ4v) is 11.0. The maximum Gasteiger partial charge on any atom is 0.408 e. The maximum absolute atomic E-state index is 15.2.